The van der Waals surface area contributed by atoms with Crippen LogP contribution in [0.1, 0.15) is 11.1 Å². The minimum atomic E-state index is 0.715. The fourth-order valence-corrected chi connectivity index (χ4v) is 3.54. The normalized spacial score (nSPS) is 15.5. The van der Waals surface area contributed by atoms with Crippen molar-refractivity contribution < 1.29 is 0 Å². The van der Waals surface area contributed by atoms with E-state index in [0.717, 1.165) is 37.7 Å². The maximum absolute atomic E-state index is 5.65. The fourth-order valence-electron chi connectivity index (χ4n) is 2.84. The first-order valence-corrected chi connectivity index (χ1v) is 8.35. The van der Waals surface area contributed by atoms with Crippen LogP contribution >= 0.6 is 11.3 Å². The van der Waals surface area contributed by atoms with E-state index < -0.39 is 0 Å². The molecule has 2 N–H and O–H groups in total. The van der Waals surface area contributed by atoms with E-state index in [1.165, 1.54) is 16.8 Å². The minimum absolute atomic E-state index is 0.715. The fraction of sp³-hybridized carbons (Fsp3) is 0.438. The van der Waals surface area contributed by atoms with Gasteiger partial charge in [0.1, 0.15) is 0 Å². The average Bonchev–Trinajstić information content (AvgIpc) is 3.04. The van der Waals surface area contributed by atoms with Crippen LogP contribution in [-0.4, -0.2) is 37.7 Å². The Labute approximate surface area is 130 Å². The number of hydrogen-bond acceptors (Lipinski definition) is 5. The van der Waals surface area contributed by atoms with Crippen LogP contribution in [0.3, 0.4) is 0 Å². The highest BCUT2D eigenvalue weighted by Gasteiger charge is 2.19. The molecule has 1 aliphatic rings. The third kappa shape index (κ3) is 3.19. The van der Waals surface area contributed by atoms with E-state index in [9.17, 15) is 0 Å². The van der Waals surface area contributed by atoms with Crippen LogP contribution in [0, 0.1) is 6.92 Å². The van der Waals surface area contributed by atoms with Crippen molar-refractivity contribution in [1.29, 1.82) is 0 Å². The maximum Gasteiger partial charge on any atom is 0.185 e. The Morgan fingerprint density at radius 2 is 1.95 bits per heavy atom. The zero-order valence-electron chi connectivity index (χ0n) is 12.5. The highest BCUT2D eigenvalue weighted by molar-refractivity contribution is 7.13. The van der Waals surface area contributed by atoms with Crippen molar-refractivity contribution in [2.45, 2.75) is 13.3 Å². The standard InChI is InChI=1S/C16H22N4S/c1-13-12-15(3-2-14(13)4-5-17)19-7-9-20(10-8-19)16-18-6-11-21-16/h2-3,6,11-12H,4-5,7-10,17H2,1H3. The third-order valence-electron chi connectivity index (χ3n) is 4.07. The molecular weight excluding hydrogens is 280 g/mol. The smallest absolute Gasteiger partial charge is 0.185 e. The first kappa shape index (κ1) is 14.4. The lowest BCUT2D eigenvalue weighted by Crippen LogP contribution is -2.46. The van der Waals surface area contributed by atoms with Crippen molar-refractivity contribution >= 4 is 22.2 Å². The number of aryl methyl sites for hydroxylation is 1. The lowest BCUT2D eigenvalue weighted by molar-refractivity contribution is 0.652. The summed E-state index contributed by atoms with van der Waals surface area (Å²) in [5.74, 6) is 0. The summed E-state index contributed by atoms with van der Waals surface area (Å²) in [6, 6.07) is 6.76. The molecule has 5 heteroatoms. The van der Waals surface area contributed by atoms with Crippen molar-refractivity contribution in [2.24, 2.45) is 5.73 Å². The van der Waals surface area contributed by atoms with Crippen LogP contribution in [0.15, 0.2) is 29.8 Å². The number of aromatic nitrogens is 1. The number of hydrogen-bond donors (Lipinski definition) is 1. The summed E-state index contributed by atoms with van der Waals surface area (Å²) in [5, 5.41) is 3.19. The van der Waals surface area contributed by atoms with Gasteiger partial charge in [-0.05, 0) is 43.1 Å². The van der Waals surface area contributed by atoms with Crippen LogP contribution < -0.4 is 15.5 Å². The molecule has 2 heterocycles. The number of benzene rings is 1. The van der Waals surface area contributed by atoms with Crippen molar-refractivity contribution in [3.63, 3.8) is 0 Å². The molecular formula is C16H22N4S. The number of nitrogens with zero attached hydrogens (tertiary/aromatic N) is 3. The Hall–Kier alpha value is -1.59. The Morgan fingerprint density at radius 1 is 1.19 bits per heavy atom. The molecule has 2 aromatic rings. The lowest BCUT2D eigenvalue weighted by Gasteiger charge is -2.36. The van der Waals surface area contributed by atoms with Gasteiger partial charge in [0.2, 0.25) is 0 Å². The van der Waals surface area contributed by atoms with E-state index in [-0.39, 0.29) is 0 Å². The predicted octanol–water partition coefficient (Wildman–Crippen LogP) is 2.28. The van der Waals surface area contributed by atoms with Gasteiger partial charge in [-0.25, -0.2) is 4.98 Å². The SMILES string of the molecule is Cc1cc(N2CCN(c3nccs3)CC2)ccc1CCN. The van der Waals surface area contributed by atoms with Crippen LogP contribution in [0.25, 0.3) is 0 Å². The summed E-state index contributed by atoms with van der Waals surface area (Å²) < 4.78 is 0. The van der Waals surface area contributed by atoms with Gasteiger partial charge in [-0.3, -0.25) is 0 Å². The first-order valence-electron chi connectivity index (χ1n) is 7.47. The van der Waals surface area contributed by atoms with Crippen LogP contribution in [0.5, 0.6) is 0 Å². The lowest BCUT2D eigenvalue weighted by atomic mass is 10.0. The van der Waals surface area contributed by atoms with Gasteiger partial charge >= 0.3 is 0 Å². The summed E-state index contributed by atoms with van der Waals surface area (Å²) in [6.45, 7) is 7.08. The monoisotopic (exact) mass is 302 g/mol. The molecule has 1 aromatic carbocycles. The maximum atomic E-state index is 5.65. The molecule has 4 nitrogen and oxygen atoms in total. The molecule has 0 amide bonds. The Morgan fingerprint density at radius 3 is 2.57 bits per heavy atom. The number of rotatable bonds is 4. The van der Waals surface area contributed by atoms with E-state index in [2.05, 4.69) is 39.9 Å². The predicted molar refractivity (Wildman–Crippen MR) is 90.5 cm³/mol. The van der Waals surface area contributed by atoms with Crippen LogP contribution in [-0.2, 0) is 6.42 Å². The number of nitrogens with two attached hydrogens (primary N) is 1. The number of anilines is 2. The summed E-state index contributed by atoms with van der Waals surface area (Å²) in [4.78, 5) is 9.23. The van der Waals surface area contributed by atoms with Gasteiger partial charge in [0.15, 0.2) is 5.13 Å². The molecule has 3 rings (SSSR count). The second-order valence-electron chi connectivity index (χ2n) is 5.44. The number of thiazole rings is 1. The largest absolute Gasteiger partial charge is 0.368 e. The summed E-state index contributed by atoms with van der Waals surface area (Å²) in [6.07, 6.45) is 2.84. The molecule has 0 radical (unpaired) electrons. The van der Waals surface area contributed by atoms with E-state index in [1.807, 2.05) is 11.6 Å². The van der Waals surface area contributed by atoms with Crippen molar-refractivity contribution in [1.82, 2.24) is 4.98 Å². The molecule has 0 bridgehead atoms. The molecule has 1 aliphatic heterocycles. The van der Waals surface area contributed by atoms with Gasteiger partial charge in [0.25, 0.3) is 0 Å². The zero-order chi connectivity index (χ0) is 14.7. The first-order chi connectivity index (χ1) is 10.3. The molecule has 0 saturated carbocycles. The van der Waals surface area contributed by atoms with Gasteiger partial charge < -0.3 is 15.5 Å². The molecule has 0 spiro atoms. The van der Waals surface area contributed by atoms with Crippen molar-refractivity contribution in [2.75, 3.05) is 42.5 Å². The third-order valence-corrected chi connectivity index (χ3v) is 4.91. The van der Waals surface area contributed by atoms with Gasteiger partial charge in [-0.2, -0.15) is 0 Å². The van der Waals surface area contributed by atoms with E-state index in [1.54, 1.807) is 11.3 Å². The van der Waals surface area contributed by atoms with E-state index in [0.29, 0.717) is 6.54 Å². The molecule has 21 heavy (non-hydrogen) atoms. The molecule has 0 atom stereocenters. The quantitative estimate of drug-likeness (QED) is 0.941. The molecule has 0 aliphatic carbocycles. The van der Waals surface area contributed by atoms with E-state index >= 15 is 0 Å². The second-order valence-corrected chi connectivity index (χ2v) is 6.31. The second kappa shape index (κ2) is 6.45. The Kier molecular flexibility index (Phi) is 4.41. The number of piperazine rings is 1. The van der Waals surface area contributed by atoms with Gasteiger partial charge in [0.05, 0.1) is 0 Å². The summed E-state index contributed by atoms with van der Waals surface area (Å²) in [7, 11) is 0. The Balaban J connectivity index is 1.65. The highest BCUT2D eigenvalue weighted by Crippen LogP contribution is 2.24. The molecule has 1 fully saturated rings. The van der Waals surface area contributed by atoms with Gasteiger partial charge in [0, 0.05) is 43.4 Å². The average molecular weight is 302 g/mol. The van der Waals surface area contributed by atoms with E-state index in [4.69, 9.17) is 5.73 Å². The topological polar surface area (TPSA) is 45.4 Å². The Bertz CT molecular complexity index is 574. The summed E-state index contributed by atoms with van der Waals surface area (Å²) >= 11 is 1.72. The highest BCUT2D eigenvalue weighted by atomic mass is 32.1. The minimum Gasteiger partial charge on any atom is -0.368 e. The van der Waals surface area contributed by atoms with Crippen molar-refractivity contribution in [3.05, 3.63) is 40.9 Å². The molecule has 0 unspecified atom stereocenters. The zero-order valence-corrected chi connectivity index (χ0v) is 13.3. The molecule has 112 valence electrons. The molecule has 1 saturated heterocycles. The molecule has 1 aromatic heterocycles. The van der Waals surface area contributed by atoms with Gasteiger partial charge in [-0.15, -0.1) is 11.3 Å². The van der Waals surface area contributed by atoms with Gasteiger partial charge in [-0.1, -0.05) is 6.07 Å². The summed E-state index contributed by atoms with van der Waals surface area (Å²) in [5.41, 5.74) is 9.69. The van der Waals surface area contributed by atoms with Crippen LogP contribution in [0.4, 0.5) is 10.8 Å². The van der Waals surface area contributed by atoms with Crippen LogP contribution in [0.2, 0.25) is 0 Å². The van der Waals surface area contributed by atoms with Crippen molar-refractivity contribution in [3.8, 4) is 0 Å².